The lowest BCUT2D eigenvalue weighted by Gasteiger charge is -2.09. The van der Waals surface area contributed by atoms with Gasteiger partial charge in [-0.3, -0.25) is 4.79 Å². The molecule has 2 heterocycles. The summed E-state index contributed by atoms with van der Waals surface area (Å²) in [5.41, 5.74) is 0.538. The van der Waals surface area contributed by atoms with Gasteiger partial charge < -0.3 is 10.1 Å². The van der Waals surface area contributed by atoms with E-state index in [9.17, 15) is 4.79 Å². The molecule has 23 heavy (non-hydrogen) atoms. The summed E-state index contributed by atoms with van der Waals surface area (Å²) in [5, 5.41) is 9.18. The van der Waals surface area contributed by atoms with Crippen LogP contribution in [0.2, 0.25) is 0 Å². The highest BCUT2D eigenvalue weighted by Crippen LogP contribution is 2.22. The zero-order chi connectivity index (χ0) is 16.2. The topological polar surface area (TPSA) is 56.1 Å². The van der Waals surface area contributed by atoms with Gasteiger partial charge in [0.25, 0.3) is 5.91 Å². The largest absolute Gasteiger partial charge is 0.497 e. The summed E-state index contributed by atoms with van der Waals surface area (Å²) in [6.45, 7) is 0.608. The molecule has 1 amide bonds. The van der Waals surface area contributed by atoms with Gasteiger partial charge in [0.15, 0.2) is 0 Å². The fourth-order valence-corrected chi connectivity index (χ4v) is 3.53. The monoisotopic (exact) mass is 391 g/mol. The number of halogens is 1. The van der Waals surface area contributed by atoms with Gasteiger partial charge in [0.1, 0.15) is 11.6 Å². The molecule has 7 heteroatoms. The lowest BCUT2D eigenvalue weighted by atomic mass is 10.2. The molecule has 0 saturated heterocycles. The molecule has 0 unspecified atom stereocenters. The Balaban J connectivity index is 1.75. The lowest BCUT2D eigenvalue weighted by Crippen LogP contribution is -2.16. The van der Waals surface area contributed by atoms with E-state index in [2.05, 4.69) is 26.3 Å². The molecule has 2 aromatic heterocycles. The van der Waals surface area contributed by atoms with Crippen molar-refractivity contribution in [1.82, 2.24) is 9.78 Å². The van der Waals surface area contributed by atoms with Crippen molar-refractivity contribution >= 4 is 39.0 Å². The van der Waals surface area contributed by atoms with Crippen molar-refractivity contribution in [2.24, 2.45) is 0 Å². The normalized spacial score (nSPS) is 10.5. The molecule has 5 nitrogen and oxygen atoms in total. The van der Waals surface area contributed by atoms with Gasteiger partial charge >= 0.3 is 0 Å². The Morgan fingerprint density at radius 3 is 3.00 bits per heavy atom. The Labute approximate surface area is 146 Å². The molecule has 0 radical (unpaired) electrons. The molecule has 0 saturated carbocycles. The van der Waals surface area contributed by atoms with Crippen LogP contribution in [0.3, 0.4) is 0 Å². The van der Waals surface area contributed by atoms with Gasteiger partial charge in [-0.2, -0.15) is 5.10 Å². The van der Waals surface area contributed by atoms with E-state index >= 15 is 0 Å². The number of benzene rings is 1. The third-order valence-corrected chi connectivity index (χ3v) is 4.90. The van der Waals surface area contributed by atoms with Gasteiger partial charge in [-0.25, -0.2) is 4.68 Å². The SMILES string of the molecule is COc1cccc(C(=O)Nc2ccnn2Cc2cc(Br)cs2)c1. The molecule has 0 bridgehead atoms. The molecule has 1 N–H and O–H groups in total. The molecule has 3 aromatic rings. The standard InChI is InChI=1S/C16H14BrN3O2S/c1-22-13-4-2-3-11(7-13)16(21)19-15-5-6-18-20(15)9-14-8-12(17)10-23-14/h2-8,10H,9H2,1H3,(H,19,21). The number of thiophene rings is 1. The van der Waals surface area contributed by atoms with Crippen LogP contribution in [-0.4, -0.2) is 22.8 Å². The summed E-state index contributed by atoms with van der Waals surface area (Å²) in [6.07, 6.45) is 1.67. The zero-order valence-corrected chi connectivity index (χ0v) is 14.7. The van der Waals surface area contributed by atoms with Gasteiger partial charge in [-0.05, 0) is 40.2 Å². The van der Waals surface area contributed by atoms with Crippen LogP contribution in [0.1, 0.15) is 15.2 Å². The van der Waals surface area contributed by atoms with Crippen LogP contribution in [0.5, 0.6) is 5.75 Å². The van der Waals surface area contributed by atoms with E-state index in [1.54, 1.807) is 59.7 Å². The van der Waals surface area contributed by atoms with E-state index < -0.39 is 0 Å². The molecule has 0 fully saturated rings. The number of nitrogens with one attached hydrogen (secondary N) is 1. The predicted molar refractivity (Wildman–Crippen MR) is 94.3 cm³/mol. The fourth-order valence-electron chi connectivity index (χ4n) is 2.10. The Kier molecular flexibility index (Phi) is 4.78. The van der Waals surface area contributed by atoms with E-state index in [1.165, 1.54) is 0 Å². The average molecular weight is 392 g/mol. The summed E-state index contributed by atoms with van der Waals surface area (Å²) in [5.74, 6) is 1.11. The summed E-state index contributed by atoms with van der Waals surface area (Å²) in [7, 11) is 1.57. The van der Waals surface area contributed by atoms with Crippen molar-refractivity contribution in [1.29, 1.82) is 0 Å². The van der Waals surface area contributed by atoms with Gasteiger partial charge in [-0.15, -0.1) is 11.3 Å². The third kappa shape index (κ3) is 3.80. The van der Waals surface area contributed by atoms with Gasteiger partial charge in [0, 0.05) is 26.4 Å². The van der Waals surface area contributed by atoms with Gasteiger partial charge in [0.05, 0.1) is 19.9 Å². The van der Waals surface area contributed by atoms with E-state index in [1.807, 2.05) is 11.4 Å². The number of ether oxygens (including phenoxy) is 1. The molecule has 1 aromatic carbocycles. The van der Waals surface area contributed by atoms with Crippen molar-refractivity contribution in [3.8, 4) is 5.75 Å². The van der Waals surface area contributed by atoms with Gasteiger partial charge in [0.2, 0.25) is 0 Å². The molecule has 0 aliphatic rings. The number of hydrogen-bond acceptors (Lipinski definition) is 4. The molecule has 3 rings (SSSR count). The molecular weight excluding hydrogens is 378 g/mol. The van der Waals surface area contributed by atoms with Crippen molar-refractivity contribution in [2.75, 3.05) is 12.4 Å². The molecule has 0 atom stereocenters. The van der Waals surface area contributed by atoms with Crippen LogP contribution in [0.25, 0.3) is 0 Å². The predicted octanol–water partition coefficient (Wildman–Crippen LogP) is 4.02. The summed E-state index contributed by atoms with van der Waals surface area (Å²) in [6, 6.07) is 10.9. The van der Waals surface area contributed by atoms with Crippen LogP contribution in [-0.2, 0) is 6.54 Å². The zero-order valence-electron chi connectivity index (χ0n) is 12.3. The number of aromatic nitrogens is 2. The molecule has 118 valence electrons. The number of carbonyl (C=O) groups is 1. The Hall–Kier alpha value is -2.12. The third-order valence-electron chi connectivity index (χ3n) is 3.22. The molecular formula is C16H14BrN3O2S. The fraction of sp³-hybridized carbons (Fsp3) is 0.125. The first-order chi connectivity index (χ1) is 11.2. The van der Waals surface area contributed by atoms with Crippen LogP contribution < -0.4 is 10.1 Å². The number of methoxy groups -OCH3 is 1. The number of hydrogen-bond donors (Lipinski definition) is 1. The Bertz CT molecular complexity index is 828. The summed E-state index contributed by atoms with van der Waals surface area (Å²) in [4.78, 5) is 13.5. The van der Waals surface area contributed by atoms with Gasteiger partial charge in [-0.1, -0.05) is 6.07 Å². The first-order valence-corrected chi connectivity index (χ1v) is 8.53. The maximum Gasteiger partial charge on any atom is 0.256 e. The number of carbonyl (C=O) groups excluding carboxylic acids is 1. The van der Waals surface area contributed by atoms with Crippen molar-refractivity contribution in [3.05, 3.63) is 62.9 Å². The second kappa shape index (κ2) is 6.97. The maximum atomic E-state index is 12.4. The highest BCUT2D eigenvalue weighted by molar-refractivity contribution is 9.10. The van der Waals surface area contributed by atoms with Crippen LogP contribution in [0.15, 0.2) is 52.4 Å². The van der Waals surface area contributed by atoms with Crippen LogP contribution >= 0.6 is 27.3 Å². The van der Waals surface area contributed by atoms with E-state index in [-0.39, 0.29) is 5.91 Å². The molecule has 0 spiro atoms. The Morgan fingerprint density at radius 2 is 2.26 bits per heavy atom. The summed E-state index contributed by atoms with van der Waals surface area (Å²) >= 11 is 5.08. The average Bonchev–Trinajstić information content (AvgIpc) is 3.17. The second-order valence-corrected chi connectivity index (χ2v) is 6.70. The number of anilines is 1. The smallest absolute Gasteiger partial charge is 0.256 e. The maximum absolute atomic E-state index is 12.4. The minimum atomic E-state index is -0.196. The number of rotatable bonds is 5. The van der Waals surface area contributed by atoms with Crippen LogP contribution in [0, 0.1) is 0 Å². The van der Waals surface area contributed by atoms with E-state index in [4.69, 9.17) is 4.74 Å². The lowest BCUT2D eigenvalue weighted by molar-refractivity contribution is 0.102. The quantitative estimate of drug-likeness (QED) is 0.714. The number of amides is 1. The van der Waals surface area contributed by atoms with Crippen molar-refractivity contribution < 1.29 is 9.53 Å². The minimum absolute atomic E-state index is 0.196. The highest BCUT2D eigenvalue weighted by atomic mass is 79.9. The molecule has 0 aliphatic carbocycles. The van der Waals surface area contributed by atoms with Crippen molar-refractivity contribution in [2.45, 2.75) is 6.54 Å². The Morgan fingerprint density at radius 1 is 1.39 bits per heavy atom. The summed E-state index contributed by atoms with van der Waals surface area (Å²) < 4.78 is 7.95. The highest BCUT2D eigenvalue weighted by Gasteiger charge is 2.11. The first-order valence-electron chi connectivity index (χ1n) is 6.86. The van der Waals surface area contributed by atoms with E-state index in [0.29, 0.717) is 23.7 Å². The van der Waals surface area contributed by atoms with E-state index in [0.717, 1.165) is 9.35 Å². The number of nitrogens with zero attached hydrogens (tertiary/aromatic N) is 2. The second-order valence-electron chi connectivity index (χ2n) is 4.79. The first kappa shape index (κ1) is 15.8. The van der Waals surface area contributed by atoms with Crippen molar-refractivity contribution in [3.63, 3.8) is 0 Å². The van der Waals surface area contributed by atoms with Crippen LogP contribution in [0.4, 0.5) is 5.82 Å². The minimum Gasteiger partial charge on any atom is -0.497 e. The molecule has 0 aliphatic heterocycles.